The fourth-order valence-corrected chi connectivity index (χ4v) is 2.83. The minimum Gasteiger partial charge on any atom is -0.385 e. The van der Waals surface area contributed by atoms with E-state index in [2.05, 4.69) is 0 Å². The van der Waals surface area contributed by atoms with E-state index in [4.69, 9.17) is 0 Å². The van der Waals surface area contributed by atoms with E-state index in [0.29, 0.717) is 5.56 Å². The van der Waals surface area contributed by atoms with Crippen molar-refractivity contribution < 1.29 is 23.1 Å². The third-order valence-corrected chi connectivity index (χ3v) is 4.09. The van der Waals surface area contributed by atoms with Gasteiger partial charge in [0.1, 0.15) is 6.10 Å². The SMILES string of the molecule is O=C(Cc1ccc(C(F)(F)F)cc1)C(O)C1CCCCC1. The summed E-state index contributed by atoms with van der Waals surface area (Å²) in [6, 6.07) is 4.54. The van der Waals surface area contributed by atoms with Crippen molar-refractivity contribution in [3.63, 3.8) is 0 Å². The average molecular weight is 300 g/mol. The topological polar surface area (TPSA) is 37.3 Å². The molecule has 1 atom stereocenters. The highest BCUT2D eigenvalue weighted by molar-refractivity contribution is 5.85. The molecule has 1 aliphatic rings. The first-order valence-corrected chi connectivity index (χ1v) is 7.25. The van der Waals surface area contributed by atoms with Gasteiger partial charge in [0.2, 0.25) is 0 Å². The Morgan fingerprint density at radius 2 is 1.71 bits per heavy atom. The normalized spacial score (nSPS) is 18.5. The van der Waals surface area contributed by atoms with Gasteiger partial charge < -0.3 is 5.11 Å². The number of Topliss-reactive ketones (excluding diaryl/α,β-unsaturated/α-hetero) is 1. The van der Waals surface area contributed by atoms with Crippen LogP contribution in [-0.4, -0.2) is 17.0 Å². The fourth-order valence-electron chi connectivity index (χ4n) is 2.83. The number of carbonyl (C=O) groups is 1. The third-order valence-electron chi connectivity index (χ3n) is 4.09. The molecule has 0 amide bonds. The monoisotopic (exact) mass is 300 g/mol. The van der Waals surface area contributed by atoms with Gasteiger partial charge in [-0.15, -0.1) is 0 Å². The van der Waals surface area contributed by atoms with Gasteiger partial charge in [-0.1, -0.05) is 31.4 Å². The Morgan fingerprint density at radius 1 is 1.14 bits per heavy atom. The first-order valence-electron chi connectivity index (χ1n) is 7.25. The molecule has 116 valence electrons. The summed E-state index contributed by atoms with van der Waals surface area (Å²) in [5.74, 6) is -0.303. The second-order valence-electron chi connectivity index (χ2n) is 5.68. The molecule has 1 fully saturated rings. The van der Waals surface area contributed by atoms with Gasteiger partial charge in [0.15, 0.2) is 5.78 Å². The Labute approximate surface area is 122 Å². The Kier molecular flexibility index (Phi) is 5.04. The number of carbonyl (C=O) groups excluding carboxylic acids is 1. The first-order chi connectivity index (χ1) is 9.88. The number of alkyl halides is 3. The van der Waals surface area contributed by atoms with Crippen molar-refractivity contribution >= 4 is 5.78 Å². The number of hydrogen-bond acceptors (Lipinski definition) is 2. The summed E-state index contributed by atoms with van der Waals surface area (Å²) in [4.78, 5) is 12.0. The van der Waals surface area contributed by atoms with Crippen LogP contribution in [0.15, 0.2) is 24.3 Å². The van der Waals surface area contributed by atoms with E-state index in [1.54, 1.807) is 0 Å². The summed E-state index contributed by atoms with van der Waals surface area (Å²) in [6.07, 6.45) is -0.506. The minimum atomic E-state index is -4.37. The quantitative estimate of drug-likeness (QED) is 0.919. The molecule has 1 unspecified atom stereocenters. The van der Waals surface area contributed by atoms with E-state index in [0.717, 1.165) is 44.2 Å². The van der Waals surface area contributed by atoms with Crippen LogP contribution in [0, 0.1) is 5.92 Å². The second kappa shape index (κ2) is 6.60. The highest BCUT2D eigenvalue weighted by Crippen LogP contribution is 2.30. The maximum absolute atomic E-state index is 12.4. The van der Waals surface area contributed by atoms with Gasteiger partial charge in [-0.25, -0.2) is 0 Å². The molecule has 1 aromatic carbocycles. The highest BCUT2D eigenvalue weighted by atomic mass is 19.4. The highest BCUT2D eigenvalue weighted by Gasteiger charge is 2.30. The molecule has 0 aliphatic heterocycles. The molecule has 0 radical (unpaired) electrons. The van der Waals surface area contributed by atoms with Crippen LogP contribution in [-0.2, 0) is 17.4 Å². The molecule has 0 bridgehead atoms. The number of aliphatic hydroxyl groups is 1. The Balaban J connectivity index is 1.95. The van der Waals surface area contributed by atoms with E-state index in [1.807, 2.05) is 0 Å². The van der Waals surface area contributed by atoms with Gasteiger partial charge >= 0.3 is 6.18 Å². The number of benzene rings is 1. The van der Waals surface area contributed by atoms with Crippen molar-refractivity contribution in [1.82, 2.24) is 0 Å². The van der Waals surface area contributed by atoms with Gasteiger partial charge in [0.05, 0.1) is 5.56 Å². The van der Waals surface area contributed by atoms with Crippen molar-refractivity contribution in [2.75, 3.05) is 0 Å². The lowest BCUT2D eigenvalue weighted by Crippen LogP contribution is -2.32. The van der Waals surface area contributed by atoms with Gasteiger partial charge in [-0.05, 0) is 36.5 Å². The van der Waals surface area contributed by atoms with Crippen molar-refractivity contribution in [2.45, 2.75) is 50.8 Å². The van der Waals surface area contributed by atoms with Crippen LogP contribution < -0.4 is 0 Å². The maximum Gasteiger partial charge on any atom is 0.416 e. The van der Waals surface area contributed by atoms with Gasteiger partial charge in [0, 0.05) is 6.42 Å². The summed E-state index contributed by atoms with van der Waals surface area (Å²) in [5, 5.41) is 10.1. The molecular formula is C16H19F3O2. The predicted molar refractivity (Wildman–Crippen MR) is 72.7 cm³/mol. The molecule has 0 heterocycles. The van der Waals surface area contributed by atoms with E-state index in [1.165, 1.54) is 12.1 Å². The molecule has 0 aromatic heterocycles. The maximum atomic E-state index is 12.4. The molecule has 0 saturated heterocycles. The predicted octanol–water partition coefficient (Wildman–Crippen LogP) is 3.76. The van der Waals surface area contributed by atoms with Crippen LogP contribution in [0.4, 0.5) is 13.2 Å². The van der Waals surface area contributed by atoms with E-state index < -0.39 is 17.8 Å². The van der Waals surface area contributed by atoms with Crippen molar-refractivity contribution in [1.29, 1.82) is 0 Å². The van der Waals surface area contributed by atoms with Crippen LogP contribution in [0.25, 0.3) is 0 Å². The van der Waals surface area contributed by atoms with E-state index >= 15 is 0 Å². The average Bonchev–Trinajstić information content (AvgIpc) is 2.47. The lowest BCUT2D eigenvalue weighted by Gasteiger charge is -2.25. The van der Waals surface area contributed by atoms with Gasteiger partial charge in [-0.3, -0.25) is 4.79 Å². The van der Waals surface area contributed by atoms with Crippen LogP contribution in [0.3, 0.4) is 0 Å². The lowest BCUT2D eigenvalue weighted by molar-refractivity contribution is -0.137. The fraction of sp³-hybridized carbons (Fsp3) is 0.562. The largest absolute Gasteiger partial charge is 0.416 e. The van der Waals surface area contributed by atoms with Crippen molar-refractivity contribution in [3.05, 3.63) is 35.4 Å². The number of hydrogen-bond donors (Lipinski definition) is 1. The second-order valence-corrected chi connectivity index (χ2v) is 5.68. The number of ketones is 1. The summed E-state index contributed by atoms with van der Waals surface area (Å²) < 4.78 is 37.3. The van der Waals surface area contributed by atoms with Gasteiger partial charge in [-0.2, -0.15) is 13.2 Å². The summed E-state index contributed by atoms with van der Waals surface area (Å²) in [6.45, 7) is 0. The Bertz CT molecular complexity index is 473. The van der Waals surface area contributed by atoms with Crippen LogP contribution in [0.1, 0.15) is 43.2 Å². The van der Waals surface area contributed by atoms with Crippen molar-refractivity contribution in [2.24, 2.45) is 5.92 Å². The molecule has 5 heteroatoms. The smallest absolute Gasteiger partial charge is 0.385 e. The third kappa shape index (κ3) is 4.30. The molecule has 1 aliphatic carbocycles. The van der Waals surface area contributed by atoms with E-state index in [-0.39, 0.29) is 18.1 Å². The molecule has 1 saturated carbocycles. The molecule has 2 rings (SSSR count). The molecule has 21 heavy (non-hydrogen) atoms. The number of aliphatic hydroxyl groups excluding tert-OH is 1. The van der Waals surface area contributed by atoms with Crippen molar-refractivity contribution in [3.8, 4) is 0 Å². The summed E-state index contributed by atoms with van der Waals surface area (Å²) in [5.41, 5.74) is -0.227. The van der Waals surface area contributed by atoms with Crippen LogP contribution in [0.5, 0.6) is 0 Å². The molecule has 2 nitrogen and oxygen atoms in total. The lowest BCUT2D eigenvalue weighted by atomic mass is 9.83. The first kappa shape index (κ1) is 16.0. The zero-order valence-corrected chi connectivity index (χ0v) is 11.7. The zero-order chi connectivity index (χ0) is 15.5. The van der Waals surface area contributed by atoms with Crippen LogP contribution in [0.2, 0.25) is 0 Å². The Hall–Kier alpha value is -1.36. The summed E-state index contributed by atoms with van der Waals surface area (Å²) in [7, 11) is 0. The molecular weight excluding hydrogens is 281 g/mol. The number of halogens is 3. The van der Waals surface area contributed by atoms with Gasteiger partial charge in [0.25, 0.3) is 0 Å². The minimum absolute atomic E-state index is 0.000647. The van der Waals surface area contributed by atoms with E-state index in [9.17, 15) is 23.1 Å². The zero-order valence-electron chi connectivity index (χ0n) is 11.7. The van der Waals surface area contributed by atoms with Crippen LogP contribution >= 0.6 is 0 Å². The molecule has 0 spiro atoms. The molecule has 1 N–H and O–H groups in total. The summed E-state index contributed by atoms with van der Waals surface area (Å²) >= 11 is 0. The number of rotatable bonds is 4. The Morgan fingerprint density at radius 3 is 2.24 bits per heavy atom. The molecule has 1 aromatic rings. The standard InChI is InChI=1S/C16H19F3O2/c17-16(18,19)13-8-6-11(7-9-13)10-14(20)15(21)12-4-2-1-3-5-12/h6-9,12,15,21H,1-5,10H2.